The summed E-state index contributed by atoms with van der Waals surface area (Å²) in [6, 6.07) is 9.33. The van der Waals surface area contributed by atoms with Gasteiger partial charge in [-0.2, -0.15) is 5.26 Å². The zero-order valence-electron chi connectivity index (χ0n) is 10.7. The molecule has 100 valence electrons. The number of carbonyl (C=O) groups is 1. The van der Waals surface area contributed by atoms with Gasteiger partial charge in [-0.1, -0.05) is 23.7 Å². The molecule has 0 radical (unpaired) electrons. The number of carbonyl (C=O) groups excluding carboxylic acids is 1. The minimum Gasteiger partial charge on any atom is -0.465 e. The Bertz CT molecular complexity index is 477. The lowest BCUT2D eigenvalue weighted by molar-refractivity contribution is -0.143. The number of rotatable bonds is 6. The van der Waals surface area contributed by atoms with Crippen molar-refractivity contribution in [2.24, 2.45) is 10.9 Å². The minimum absolute atomic E-state index is 0.260. The van der Waals surface area contributed by atoms with Gasteiger partial charge in [-0.05, 0) is 31.0 Å². The zero-order chi connectivity index (χ0) is 14.1. The lowest BCUT2D eigenvalue weighted by Crippen LogP contribution is -2.17. The molecule has 1 atom stereocenters. The molecule has 4 nitrogen and oxygen atoms in total. The molecule has 0 saturated carbocycles. The first-order valence-corrected chi connectivity index (χ1v) is 6.35. The SMILES string of the molecule is CCOC(=O)[C@@H](C#N)C=NCCc1ccc(Cl)cc1. The number of benzene rings is 1. The van der Waals surface area contributed by atoms with Crippen molar-refractivity contribution in [2.45, 2.75) is 13.3 Å². The van der Waals surface area contributed by atoms with E-state index in [-0.39, 0.29) is 6.61 Å². The predicted octanol–water partition coefficient (Wildman–Crippen LogP) is 2.66. The van der Waals surface area contributed by atoms with E-state index < -0.39 is 11.9 Å². The molecule has 0 unspecified atom stereocenters. The number of ether oxygens (including phenoxy) is 1. The van der Waals surface area contributed by atoms with Crippen molar-refractivity contribution in [1.29, 1.82) is 5.26 Å². The van der Waals surface area contributed by atoms with E-state index in [9.17, 15) is 4.79 Å². The van der Waals surface area contributed by atoms with Gasteiger partial charge < -0.3 is 4.74 Å². The molecule has 1 aromatic carbocycles. The molecule has 0 aromatic heterocycles. The molecule has 1 aromatic rings. The van der Waals surface area contributed by atoms with Crippen LogP contribution in [-0.4, -0.2) is 25.3 Å². The Morgan fingerprint density at radius 2 is 2.21 bits per heavy atom. The predicted molar refractivity (Wildman–Crippen MR) is 74.3 cm³/mol. The normalized spacial score (nSPS) is 12.1. The average molecular weight is 279 g/mol. The molecule has 19 heavy (non-hydrogen) atoms. The van der Waals surface area contributed by atoms with Gasteiger partial charge in [-0.25, -0.2) is 0 Å². The molecular formula is C14H15ClN2O2. The number of hydrogen-bond acceptors (Lipinski definition) is 4. The summed E-state index contributed by atoms with van der Waals surface area (Å²) < 4.78 is 4.76. The Kier molecular flexibility index (Phi) is 6.62. The van der Waals surface area contributed by atoms with Gasteiger partial charge in [0.25, 0.3) is 0 Å². The Hall–Kier alpha value is -1.86. The van der Waals surface area contributed by atoms with Crippen molar-refractivity contribution in [2.75, 3.05) is 13.2 Å². The van der Waals surface area contributed by atoms with Crippen molar-refractivity contribution in [3.63, 3.8) is 0 Å². The van der Waals surface area contributed by atoms with E-state index in [0.29, 0.717) is 11.6 Å². The lowest BCUT2D eigenvalue weighted by Gasteiger charge is -2.02. The number of esters is 1. The van der Waals surface area contributed by atoms with Crippen LogP contribution in [-0.2, 0) is 16.0 Å². The second-order valence-electron chi connectivity index (χ2n) is 3.79. The fourth-order valence-electron chi connectivity index (χ4n) is 1.40. The summed E-state index contributed by atoms with van der Waals surface area (Å²) in [5, 5.41) is 9.51. The van der Waals surface area contributed by atoms with Crippen LogP contribution in [0.5, 0.6) is 0 Å². The van der Waals surface area contributed by atoms with Crippen LogP contribution in [0.4, 0.5) is 0 Å². The Morgan fingerprint density at radius 1 is 1.53 bits per heavy atom. The van der Waals surface area contributed by atoms with Crippen LogP contribution in [0.25, 0.3) is 0 Å². The monoisotopic (exact) mass is 278 g/mol. The third-order valence-corrected chi connectivity index (χ3v) is 2.63. The highest BCUT2D eigenvalue weighted by Crippen LogP contribution is 2.09. The van der Waals surface area contributed by atoms with E-state index in [4.69, 9.17) is 21.6 Å². The van der Waals surface area contributed by atoms with E-state index in [1.165, 1.54) is 6.21 Å². The molecule has 0 aliphatic carbocycles. The molecule has 0 spiro atoms. The Balaban J connectivity index is 2.42. The van der Waals surface area contributed by atoms with Crippen molar-refractivity contribution >= 4 is 23.8 Å². The fraction of sp³-hybridized carbons (Fsp3) is 0.357. The lowest BCUT2D eigenvalue weighted by atomic mass is 10.1. The number of hydrogen-bond donors (Lipinski definition) is 0. The standard InChI is InChI=1S/C14H15ClN2O2/c1-2-19-14(18)12(9-16)10-17-8-7-11-3-5-13(15)6-4-11/h3-6,10,12H,2,7-8H2,1H3/t12-/m0/s1. The van der Waals surface area contributed by atoms with Crippen molar-refractivity contribution < 1.29 is 9.53 Å². The fourth-order valence-corrected chi connectivity index (χ4v) is 1.53. The van der Waals surface area contributed by atoms with Gasteiger partial charge in [0.1, 0.15) is 0 Å². The summed E-state index contributed by atoms with van der Waals surface area (Å²) in [7, 11) is 0. The van der Waals surface area contributed by atoms with E-state index in [1.807, 2.05) is 30.3 Å². The van der Waals surface area contributed by atoms with Gasteiger partial charge in [-0.3, -0.25) is 9.79 Å². The highest BCUT2D eigenvalue weighted by atomic mass is 35.5. The summed E-state index contributed by atoms with van der Waals surface area (Å²) in [5.74, 6) is -1.48. The van der Waals surface area contributed by atoms with Crippen LogP contribution in [0.2, 0.25) is 5.02 Å². The van der Waals surface area contributed by atoms with Gasteiger partial charge >= 0.3 is 5.97 Å². The number of halogens is 1. The van der Waals surface area contributed by atoms with E-state index in [2.05, 4.69) is 4.99 Å². The van der Waals surface area contributed by atoms with Crippen LogP contribution in [0, 0.1) is 17.2 Å². The highest BCUT2D eigenvalue weighted by Gasteiger charge is 2.15. The minimum atomic E-state index is -0.926. The molecule has 0 amide bonds. The van der Waals surface area contributed by atoms with Crippen molar-refractivity contribution in [3.05, 3.63) is 34.9 Å². The molecule has 0 saturated heterocycles. The second-order valence-corrected chi connectivity index (χ2v) is 4.23. The Morgan fingerprint density at radius 3 is 2.79 bits per heavy atom. The van der Waals surface area contributed by atoms with Gasteiger partial charge in [0.15, 0.2) is 5.92 Å². The van der Waals surface area contributed by atoms with Gasteiger partial charge in [0, 0.05) is 17.8 Å². The molecule has 0 aliphatic rings. The average Bonchev–Trinajstić information content (AvgIpc) is 2.41. The first-order valence-electron chi connectivity index (χ1n) is 5.98. The van der Waals surface area contributed by atoms with E-state index >= 15 is 0 Å². The quantitative estimate of drug-likeness (QED) is 0.594. The Labute approximate surface area is 117 Å². The van der Waals surface area contributed by atoms with Crippen LogP contribution in [0.1, 0.15) is 12.5 Å². The highest BCUT2D eigenvalue weighted by molar-refractivity contribution is 6.30. The molecule has 0 N–H and O–H groups in total. The van der Waals surface area contributed by atoms with Crippen LogP contribution >= 0.6 is 11.6 Å². The summed E-state index contributed by atoms with van der Waals surface area (Å²) in [6.07, 6.45) is 2.07. The molecule has 0 heterocycles. The largest absolute Gasteiger partial charge is 0.465 e. The van der Waals surface area contributed by atoms with Gasteiger partial charge in [0.05, 0.1) is 12.7 Å². The van der Waals surface area contributed by atoms with Gasteiger partial charge in [0.2, 0.25) is 0 Å². The second kappa shape index (κ2) is 8.28. The first-order chi connectivity index (χ1) is 9.17. The summed E-state index contributed by atoms with van der Waals surface area (Å²) in [6.45, 7) is 2.47. The third-order valence-electron chi connectivity index (χ3n) is 2.38. The zero-order valence-corrected chi connectivity index (χ0v) is 11.4. The third kappa shape index (κ3) is 5.54. The molecule has 5 heteroatoms. The summed E-state index contributed by atoms with van der Waals surface area (Å²) in [4.78, 5) is 15.4. The van der Waals surface area contributed by atoms with Crippen LogP contribution in [0.15, 0.2) is 29.3 Å². The molecule has 0 fully saturated rings. The smallest absolute Gasteiger partial charge is 0.328 e. The van der Waals surface area contributed by atoms with E-state index in [1.54, 1.807) is 6.92 Å². The maximum absolute atomic E-state index is 11.3. The van der Waals surface area contributed by atoms with Crippen LogP contribution in [0.3, 0.4) is 0 Å². The molecular weight excluding hydrogens is 264 g/mol. The number of aliphatic imine (C=N–C) groups is 1. The maximum atomic E-state index is 11.3. The van der Waals surface area contributed by atoms with Crippen LogP contribution < -0.4 is 0 Å². The van der Waals surface area contributed by atoms with Gasteiger partial charge in [-0.15, -0.1) is 0 Å². The summed E-state index contributed by atoms with van der Waals surface area (Å²) >= 11 is 5.78. The topological polar surface area (TPSA) is 62.5 Å². The number of nitrogens with zero attached hydrogens (tertiary/aromatic N) is 2. The van der Waals surface area contributed by atoms with Crippen molar-refractivity contribution in [1.82, 2.24) is 0 Å². The molecule has 1 rings (SSSR count). The first kappa shape index (κ1) is 15.2. The maximum Gasteiger partial charge on any atom is 0.328 e. The summed E-state index contributed by atoms with van der Waals surface area (Å²) in [5.41, 5.74) is 1.10. The van der Waals surface area contributed by atoms with Crippen molar-refractivity contribution in [3.8, 4) is 6.07 Å². The number of nitriles is 1. The van der Waals surface area contributed by atoms with E-state index in [0.717, 1.165) is 12.0 Å². The molecule has 0 aliphatic heterocycles. The molecule has 0 bridgehead atoms.